The summed E-state index contributed by atoms with van der Waals surface area (Å²) in [5.74, 6) is 1.22. The molecule has 0 aromatic carbocycles. The van der Waals surface area contributed by atoms with Crippen molar-refractivity contribution in [3.05, 3.63) is 0 Å². The number of hydrogen-bond donors (Lipinski definition) is 1. The molecule has 0 aliphatic carbocycles. The second-order valence-corrected chi connectivity index (χ2v) is 2.43. The van der Waals surface area contributed by atoms with Gasteiger partial charge in [-0.1, -0.05) is 6.92 Å². The molecule has 1 unspecified atom stereocenters. The first-order valence-corrected chi connectivity index (χ1v) is 3.33. The molecule has 0 amide bonds. The molecule has 0 bridgehead atoms. The zero-order valence-electron chi connectivity index (χ0n) is 5.96. The Kier molecular flexibility index (Phi) is 1.60. The molecule has 1 aliphatic rings. The van der Waals surface area contributed by atoms with Gasteiger partial charge >= 0.3 is 0 Å². The first kappa shape index (κ1) is 6.39. The highest BCUT2D eigenvalue weighted by atomic mass is 15.5. The van der Waals surface area contributed by atoms with E-state index in [1.807, 2.05) is 5.01 Å². The van der Waals surface area contributed by atoms with Gasteiger partial charge in [-0.3, -0.25) is 5.01 Å². The van der Waals surface area contributed by atoms with Crippen molar-refractivity contribution in [3.63, 3.8) is 0 Å². The molecule has 0 saturated heterocycles. The van der Waals surface area contributed by atoms with Crippen molar-refractivity contribution in [2.24, 2.45) is 16.8 Å². The first-order valence-electron chi connectivity index (χ1n) is 3.33. The van der Waals surface area contributed by atoms with Crippen molar-refractivity contribution in [1.82, 2.24) is 5.01 Å². The highest BCUT2D eigenvalue weighted by molar-refractivity contribution is 5.83. The second kappa shape index (κ2) is 2.25. The Hall–Kier alpha value is -0.730. The monoisotopic (exact) mass is 127 g/mol. The summed E-state index contributed by atoms with van der Waals surface area (Å²) < 4.78 is 0. The van der Waals surface area contributed by atoms with Crippen molar-refractivity contribution >= 4 is 5.84 Å². The summed E-state index contributed by atoms with van der Waals surface area (Å²) in [6.07, 6.45) is 0. The molecule has 0 fully saturated rings. The SMILES string of the molecule is CCN1CC(C)C(N)=N1. The summed E-state index contributed by atoms with van der Waals surface area (Å²) >= 11 is 0. The molecule has 3 nitrogen and oxygen atoms in total. The fourth-order valence-corrected chi connectivity index (χ4v) is 0.912. The molecule has 2 N–H and O–H groups in total. The van der Waals surface area contributed by atoms with Gasteiger partial charge in [0.1, 0.15) is 5.84 Å². The zero-order valence-corrected chi connectivity index (χ0v) is 5.96. The van der Waals surface area contributed by atoms with E-state index in [1.54, 1.807) is 0 Å². The van der Waals surface area contributed by atoms with Gasteiger partial charge in [0.15, 0.2) is 0 Å². The van der Waals surface area contributed by atoms with Crippen LogP contribution in [0.25, 0.3) is 0 Å². The van der Waals surface area contributed by atoms with Crippen LogP contribution in [0.3, 0.4) is 0 Å². The molecule has 52 valence electrons. The molecule has 1 heterocycles. The minimum atomic E-state index is 0.449. The Morgan fingerprint density at radius 3 is 2.78 bits per heavy atom. The van der Waals surface area contributed by atoms with E-state index in [2.05, 4.69) is 18.9 Å². The summed E-state index contributed by atoms with van der Waals surface area (Å²) in [6.45, 7) is 6.12. The van der Waals surface area contributed by atoms with Gasteiger partial charge in [0.05, 0.1) is 0 Å². The minimum absolute atomic E-state index is 0.449. The maximum absolute atomic E-state index is 5.55. The third-order valence-electron chi connectivity index (χ3n) is 1.61. The highest BCUT2D eigenvalue weighted by Crippen LogP contribution is 2.08. The smallest absolute Gasteiger partial charge is 0.124 e. The predicted molar refractivity (Wildman–Crippen MR) is 38.0 cm³/mol. The van der Waals surface area contributed by atoms with E-state index < -0.39 is 0 Å². The topological polar surface area (TPSA) is 41.6 Å². The molecule has 0 saturated carbocycles. The predicted octanol–water partition coefficient (Wildman–Crippen LogP) is 0.230. The normalized spacial score (nSPS) is 26.7. The third kappa shape index (κ3) is 1.15. The number of nitrogens with two attached hydrogens (primary N) is 1. The van der Waals surface area contributed by atoms with Crippen LogP contribution in [0.15, 0.2) is 5.10 Å². The van der Waals surface area contributed by atoms with Gasteiger partial charge < -0.3 is 5.73 Å². The van der Waals surface area contributed by atoms with Crippen LogP contribution in [0.4, 0.5) is 0 Å². The lowest BCUT2D eigenvalue weighted by Crippen LogP contribution is -2.20. The van der Waals surface area contributed by atoms with Crippen molar-refractivity contribution in [2.75, 3.05) is 13.1 Å². The Balaban J connectivity index is 2.52. The fraction of sp³-hybridized carbons (Fsp3) is 0.833. The van der Waals surface area contributed by atoms with Gasteiger partial charge in [-0.2, -0.15) is 5.10 Å². The van der Waals surface area contributed by atoms with Crippen LogP contribution in [-0.4, -0.2) is 23.9 Å². The molecule has 0 aromatic heterocycles. The summed E-state index contributed by atoms with van der Waals surface area (Å²) in [6, 6.07) is 0. The van der Waals surface area contributed by atoms with E-state index in [4.69, 9.17) is 5.73 Å². The van der Waals surface area contributed by atoms with Crippen molar-refractivity contribution in [3.8, 4) is 0 Å². The summed E-state index contributed by atoms with van der Waals surface area (Å²) in [5, 5.41) is 6.10. The molecular formula is C6H13N3. The van der Waals surface area contributed by atoms with Gasteiger partial charge in [-0.25, -0.2) is 0 Å². The summed E-state index contributed by atoms with van der Waals surface area (Å²) in [5.41, 5.74) is 5.55. The number of amidine groups is 1. The number of rotatable bonds is 1. The second-order valence-electron chi connectivity index (χ2n) is 2.43. The summed E-state index contributed by atoms with van der Waals surface area (Å²) in [7, 11) is 0. The van der Waals surface area contributed by atoms with Crippen molar-refractivity contribution < 1.29 is 0 Å². The van der Waals surface area contributed by atoms with Crippen LogP contribution in [0, 0.1) is 5.92 Å². The lowest BCUT2D eigenvalue weighted by Gasteiger charge is -2.09. The van der Waals surface area contributed by atoms with Gasteiger partial charge in [-0.05, 0) is 6.92 Å². The maximum Gasteiger partial charge on any atom is 0.124 e. The maximum atomic E-state index is 5.55. The van der Waals surface area contributed by atoms with Crippen LogP contribution < -0.4 is 5.73 Å². The largest absolute Gasteiger partial charge is 0.385 e. The Labute approximate surface area is 55.5 Å². The van der Waals surface area contributed by atoms with E-state index in [9.17, 15) is 0 Å². The molecule has 3 heteroatoms. The number of hydrazone groups is 1. The van der Waals surface area contributed by atoms with E-state index >= 15 is 0 Å². The number of hydrogen-bond acceptors (Lipinski definition) is 3. The molecular weight excluding hydrogens is 114 g/mol. The lowest BCUT2D eigenvalue weighted by atomic mass is 10.2. The quantitative estimate of drug-likeness (QED) is 0.548. The van der Waals surface area contributed by atoms with E-state index in [-0.39, 0.29) is 0 Å². The van der Waals surface area contributed by atoms with Gasteiger partial charge in [0.25, 0.3) is 0 Å². The van der Waals surface area contributed by atoms with Crippen LogP contribution in [0.5, 0.6) is 0 Å². The summed E-state index contributed by atoms with van der Waals surface area (Å²) in [4.78, 5) is 0. The molecule has 9 heavy (non-hydrogen) atoms. The van der Waals surface area contributed by atoms with Crippen molar-refractivity contribution in [1.29, 1.82) is 0 Å². The van der Waals surface area contributed by atoms with Crippen LogP contribution in [-0.2, 0) is 0 Å². The van der Waals surface area contributed by atoms with Crippen LogP contribution >= 0.6 is 0 Å². The molecule has 1 aliphatic heterocycles. The number of nitrogens with zero attached hydrogens (tertiary/aromatic N) is 2. The van der Waals surface area contributed by atoms with E-state index in [0.717, 1.165) is 18.9 Å². The molecule has 1 atom stereocenters. The van der Waals surface area contributed by atoms with Crippen molar-refractivity contribution in [2.45, 2.75) is 13.8 Å². The average Bonchev–Trinajstić information content (AvgIpc) is 2.13. The first-order chi connectivity index (χ1) is 4.24. The highest BCUT2D eigenvalue weighted by Gasteiger charge is 2.17. The third-order valence-corrected chi connectivity index (χ3v) is 1.61. The Morgan fingerprint density at radius 2 is 2.56 bits per heavy atom. The molecule has 0 aromatic rings. The van der Waals surface area contributed by atoms with Gasteiger partial charge in [0, 0.05) is 19.0 Å². The molecule has 0 spiro atoms. The van der Waals surface area contributed by atoms with Crippen LogP contribution in [0.2, 0.25) is 0 Å². The van der Waals surface area contributed by atoms with Crippen LogP contribution in [0.1, 0.15) is 13.8 Å². The fourth-order valence-electron chi connectivity index (χ4n) is 0.912. The Morgan fingerprint density at radius 1 is 1.89 bits per heavy atom. The van der Waals surface area contributed by atoms with E-state index in [1.165, 1.54) is 0 Å². The standard InChI is InChI=1S/C6H13N3/c1-3-9-4-5(2)6(7)8-9/h5H,3-4H2,1-2H3,(H2,7,8). The minimum Gasteiger partial charge on any atom is -0.385 e. The molecule has 0 radical (unpaired) electrons. The average molecular weight is 127 g/mol. The van der Waals surface area contributed by atoms with E-state index in [0.29, 0.717) is 5.92 Å². The molecule has 1 rings (SSSR count). The van der Waals surface area contributed by atoms with Gasteiger partial charge in [-0.15, -0.1) is 0 Å². The lowest BCUT2D eigenvalue weighted by molar-refractivity contribution is 0.317. The Bertz CT molecular complexity index is 130. The zero-order chi connectivity index (χ0) is 6.85. The van der Waals surface area contributed by atoms with Gasteiger partial charge in [0.2, 0.25) is 0 Å².